The third-order valence-electron chi connectivity index (χ3n) is 2.73. The lowest BCUT2D eigenvalue weighted by atomic mass is 9.97. The summed E-state index contributed by atoms with van der Waals surface area (Å²) in [5.41, 5.74) is 1.08. The molecule has 0 aromatic heterocycles. The molecule has 1 rings (SSSR count). The largest absolute Gasteiger partial charge is 0.389 e. The molecular formula is C14H17NO3. The van der Waals surface area contributed by atoms with Crippen LogP contribution in [0.25, 0.3) is 0 Å². The van der Waals surface area contributed by atoms with Crippen molar-refractivity contribution in [1.29, 1.82) is 5.26 Å². The molecule has 0 fully saturated rings. The standard InChI is InChI=1S/C14H17NO3/c1-9(2)13(17)10-3-5-11(6-4-10)14(18)12(16)7-8-15/h3-6,9,12,14,16,18H,7H2,1-2H3. The van der Waals surface area contributed by atoms with Crippen molar-refractivity contribution < 1.29 is 15.0 Å². The summed E-state index contributed by atoms with van der Waals surface area (Å²) in [6, 6.07) is 8.24. The third kappa shape index (κ3) is 3.39. The fourth-order valence-corrected chi connectivity index (χ4v) is 1.61. The minimum absolute atomic E-state index is 0.0358. The Morgan fingerprint density at radius 3 is 2.28 bits per heavy atom. The van der Waals surface area contributed by atoms with Crippen LogP contribution in [0.2, 0.25) is 0 Å². The second-order valence-corrected chi connectivity index (χ2v) is 4.52. The summed E-state index contributed by atoms with van der Waals surface area (Å²) in [7, 11) is 0. The second-order valence-electron chi connectivity index (χ2n) is 4.52. The predicted molar refractivity (Wildman–Crippen MR) is 66.8 cm³/mol. The molecule has 0 aliphatic carbocycles. The summed E-state index contributed by atoms with van der Waals surface area (Å²) >= 11 is 0. The molecule has 0 saturated heterocycles. The highest BCUT2D eigenvalue weighted by Crippen LogP contribution is 2.20. The molecule has 18 heavy (non-hydrogen) atoms. The molecule has 0 aliphatic rings. The lowest BCUT2D eigenvalue weighted by molar-refractivity contribution is 0.0216. The van der Waals surface area contributed by atoms with Crippen molar-refractivity contribution in [2.45, 2.75) is 32.5 Å². The van der Waals surface area contributed by atoms with E-state index in [1.165, 1.54) is 0 Å². The number of Topliss-reactive ketones (excluding diaryl/α,β-unsaturated/α-hetero) is 1. The van der Waals surface area contributed by atoms with E-state index in [9.17, 15) is 15.0 Å². The van der Waals surface area contributed by atoms with Crippen LogP contribution in [0.4, 0.5) is 0 Å². The molecule has 1 aromatic rings. The lowest BCUT2D eigenvalue weighted by Crippen LogP contribution is -2.17. The molecule has 0 bridgehead atoms. The topological polar surface area (TPSA) is 81.3 Å². The van der Waals surface area contributed by atoms with Gasteiger partial charge in [-0.25, -0.2) is 0 Å². The molecule has 0 aliphatic heterocycles. The quantitative estimate of drug-likeness (QED) is 0.778. The molecule has 1 aromatic carbocycles. The number of carbonyl (C=O) groups excluding carboxylic acids is 1. The van der Waals surface area contributed by atoms with Gasteiger partial charge in [-0.3, -0.25) is 4.79 Å². The van der Waals surface area contributed by atoms with E-state index in [4.69, 9.17) is 5.26 Å². The third-order valence-corrected chi connectivity index (χ3v) is 2.73. The molecule has 4 nitrogen and oxygen atoms in total. The van der Waals surface area contributed by atoms with Crippen molar-refractivity contribution in [2.24, 2.45) is 5.92 Å². The van der Waals surface area contributed by atoms with Gasteiger partial charge in [0.05, 0.1) is 18.6 Å². The summed E-state index contributed by atoms with van der Waals surface area (Å²) in [5, 5.41) is 27.7. The second kappa shape index (κ2) is 6.29. The monoisotopic (exact) mass is 247 g/mol. The van der Waals surface area contributed by atoms with Gasteiger partial charge in [0.25, 0.3) is 0 Å². The average Bonchev–Trinajstić information content (AvgIpc) is 2.37. The Hall–Kier alpha value is -1.70. The Bertz CT molecular complexity index is 445. The smallest absolute Gasteiger partial charge is 0.165 e. The van der Waals surface area contributed by atoms with Gasteiger partial charge in [0.2, 0.25) is 0 Å². The summed E-state index contributed by atoms with van der Waals surface area (Å²) < 4.78 is 0. The molecule has 2 unspecified atom stereocenters. The van der Waals surface area contributed by atoms with Gasteiger partial charge in [-0.05, 0) is 5.56 Å². The molecule has 0 spiro atoms. The van der Waals surface area contributed by atoms with E-state index in [0.29, 0.717) is 11.1 Å². The van der Waals surface area contributed by atoms with E-state index in [2.05, 4.69) is 0 Å². The predicted octanol–water partition coefficient (Wildman–Crippen LogP) is 1.83. The Kier molecular flexibility index (Phi) is 5.02. The minimum atomic E-state index is -1.11. The average molecular weight is 247 g/mol. The van der Waals surface area contributed by atoms with Gasteiger partial charge in [-0.2, -0.15) is 5.26 Å². The molecule has 0 radical (unpaired) electrons. The maximum Gasteiger partial charge on any atom is 0.165 e. The van der Waals surface area contributed by atoms with Gasteiger partial charge in [-0.1, -0.05) is 38.1 Å². The molecule has 4 heteroatoms. The molecular weight excluding hydrogens is 230 g/mol. The first kappa shape index (κ1) is 14.4. The molecule has 2 atom stereocenters. The van der Waals surface area contributed by atoms with Gasteiger partial charge in [0.15, 0.2) is 5.78 Å². The molecule has 0 heterocycles. The fraction of sp³-hybridized carbons (Fsp3) is 0.429. The highest BCUT2D eigenvalue weighted by atomic mass is 16.3. The number of rotatable bonds is 5. The van der Waals surface area contributed by atoms with E-state index < -0.39 is 12.2 Å². The van der Waals surface area contributed by atoms with Crippen LogP contribution in [0.3, 0.4) is 0 Å². The van der Waals surface area contributed by atoms with Crippen LogP contribution >= 0.6 is 0 Å². The van der Waals surface area contributed by atoms with Crippen LogP contribution in [0.1, 0.15) is 42.3 Å². The Morgan fingerprint density at radius 1 is 1.28 bits per heavy atom. The van der Waals surface area contributed by atoms with Gasteiger partial charge in [0.1, 0.15) is 6.10 Å². The zero-order chi connectivity index (χ0) is 13.7. The van der Waals surface area contributed by atoms with Crippen LogP contribution in [-0.4, -0.2) is 22.1 Å². The van der Waals surface area contributed by atoms with Crippen molar-refractivity contribution in [3.63, 3.8) is 0 Å². The summed E-state index contributed by atoms with van der Waals surface area (Å²) in [5.74, 6) is -0.0430. The minimum Gasteiger partial charge on any atom is -0.389 e. The first-order chi connectivity index (χ1) is 8.47. The zero-order valence-electron chi connectivity index (χ0n) is 10.5. The van der Waals surface area contributed by atoms with Crippen LogP contribution in [0.5, 0.6) is 0 Å². The van der Waals surface area contributed by atoms with Gasteiger partial charge >= 0.3 is 0 Å². The molecule has 2 N–H and O–H groups in total. The van der Waals surface area contributed by atoms with Crippen molar-refractivity contribution in [2.75, 3.05) is 0 Å². The highest BCUT2D eigenvalue weighted by molar-refractivity contribution is 5.97. The highest BCUT2D eigenvalue weighted by Gasteiger charge is 2.18. The fourth-order valence-electron chi connectivity index (χ4n) is 1.61. The number of hydrogen-bond acceptors (Lipinski definition) is 4. The maximum atomic E-state index is 11.7. The van der Waals surface area contributed by atoms with Gasteiger partial charge < -0.3 is 10.2 Å². The number of carbonyl (C=O) groups is 1. The first-order valence-corrected chi connectivity index (χ1v) is 5.84. The molecule has 0 saturated carbocycles. The van der Waals surface area contributed by atoms with E-state index in [-0.39, 0.29) is 18.1 Å². The summed E-state index contributed by atoms with van der Waals surface area (Å²) in [4.78, 5) is 11.7. The Balaban J connectivity index is 2.83. The summed E-state index contributed by atoms with van der Waals surface area (Å²) in [6.07, 6.45) is -2.34. The first-order valence-electron chi connectivity index (χ1n) is 5.84. The van der Waals surface area contributed by atoms with Crippen molar-refractivity contribution in [1.82, 2.24) is 0 Å². The van der Waals surface area contributed by atoms with Crippen LogP contribution in [-0.2, 0) is 0 Å². The summed E-state index contributed by atoms with van der Waals surface area (Å²) in [6.45, 7) is 3.64. The lowest BCUT2D eigenvalue weighted by Gasteiger charge is -2.15. The number of ketones is 1. The van der Waals surface area contributed by atoms with Crippen molar-refractivity contribution in [3.8, 4) is 6.07 Å². The number of nitrogens with zero attached hydrogens (tertiary/aromatic N) is 1. The van der Waals surface area contributed by atoms with Gasteiger partial charge in [-0.15, -0.1) is 0 Å². The number of aliphatic hydroxyl groups excluding tert-OH is 2. The van der Waals surface area contributed by atoms with E-state index in [0.717, 1.165) is 0 Å². The Morgan fingerprint density at radius 2 is 1.83 bits per heavy atom. The van der Waals surface area contributed by atoms with Crippen LogP contribution < -0.4 is 0 Å². The number of aliphatic hydroxyl groups is 2. The van der Waals surface area contributed by atoms with E-state index in [1.54, 1.807) is 30.3 Å². The maximum absolute atomic E-state index is 11.7. The molecule has 96 valence electrons. The van der Waals surface area contributed by atoms with Crippen molar-refractivity contribution >= 4 is 5.78 Å². The van der Waals surface area contributed by atoms with Gasteiger partial charge in [0, 0.05) is 11.5 Å². The number of benzene rings is 1. The number of hydrogen-bond donors (Lipinski definition) is 2. The molecule has 0 amide bonds. The number of nitriles is 1. The zero-order valence-corrected chi connectivity index (χ0v) is 10.5. The van der Waals surface area contributed by atoms with E-state index in [1.807, 2.05) is 13.8 Å². The van der Waals surface area contributed by atoms with E-state index >= 15 is 0 Å². The van der Waals surface area contributed by atoms with Crippen LogP contribution in [0, 0.1) is 17.2 Å². The SMILES string of the molecule is CC(C)C(=O)c1ccc(C(O)C(O)CC#N)cc1. The van der Waals surface area contributed by atoms with Crippen molar-refractivity contribution in [3.05, 3.63) is 35.4 Å². The Labute approximate surface area is 106 Å². The normalized spacial score (nSPS) is 14.0. The van der Waals surface area contributed by atoms with Crippen LogP contribution in [0.15, 0.2) is 24.3 Å².